The molecule has 0 aromatic heterocycles. The van der Waals surface area contributed by atoms with Crippen molar-refractivity contribution >= 4 is 0 Å². The summed E-state index contributed by atoms with van der Waals surface area (Å²) in [6.07, 6.45) is 2.80. The van der Waals surface area contributed by atoms with Crippen LogP contribution in [0.25, 0.3) is 0 Å². The molecule has 1 heterocycles. The van der Waals surface area contributed by atoms with Gasteiger partial charge in [-0.25, -0.2) is 4.39 Å². The van der Waals surface area contributed by atoms with Crippen molar-refractivity contribution in [1.82, 2.24) is 0 Å². The van der Waals surface area contributed by atoms with E-state index in [0.29, 0.717) is 17.9 Å². The number of methoxy groups -OCH3 is 1. The molecule has 1 atom stereocenters. The first-order valence-corrected chi connectivity index (χ1v) is 5.14. The maximum absolute atomic E-state index is 13.5. The highest BCUT2D eigenvalue weighted by Crippen LogP contribution is 2.27. The maximum atomic E-state index is 13.5. The maximum Gasteiger partial charge on any atom is 0.165 e. The molecular weight excluding hydrogens is 209 g/mol. The van der Waals surface area contributed by atoms with Gasteiger partial charge >= 0.3 is 0 Å². The van der Waals surface area contributed by atoms with Crippen molar-refractivity contribution in [2.24, 2.45) is 5.73 Å². The van der Waals surface area contributed by atoms with E-state index in [2.05, 4.69) is 0 Å². The van der Waals surface area contributed by atoms with Crippen molar-refractivity contribution in [1.29, 1.82) is 0 Å². The molecule has 1 aliphatic rings. The van der Waals surface area contributed by atoms with Crippen LogP contribution < -0.4 is 10.5 Å². The molecule has 0 amide bonds. The second-order valence-electron chi connectivity index (χ2n) is 3.62. The summed E-state index contributed by atoms with van der Waals surface area (Å²) in [6, 6.07) is 4.30. The molecule has 86 valence electrons. The summed E-state index contributed by atoms with van der Waals surface area (Å²) in [6.45, 7) is 0.654. The first-order valence-electron chi connectivity index (χ1n) is 5.14. The molecule has 0 bridgehead atoms. The summed E-state index contributed by atoms with van der Waals surface area (Å²) in [7, 11) is 1.43. The molecule has 1 unspecified atom stereocenters. The highest BCUT2D eigenvalue weighted by molar-refractivity contribution is 5.33. The Labute approximate surface area is 93.7 Å². The summed E-state index contributed by atoms with van der Waals surface area (Å²) >= 11 is 0. The van der Waals surface area contributed by atoms with Crippen LogP contribution in [0.1, 0.15) is 18.0 Å². The summed E-state index contributed by atoms with van der Waals surface area (Å²) in [4.78, 5) is 0. The fraction of sp³-hybridized carbons (Fsp3) is 0.333. The van der Waals surface area contributed by atoms with E-state index in [4.69, 9.17) is 15.2 Å². The van der Waals surface area contributed by atoms with Crippen LogP contribution in [-0.2, 0) is 4.74 Å². The van der Waals surface area contributed by atoms with Crippen molar-refractivity contribution in [3.8, 4) is 5.75 Å². The molecule has 2 N–H and O–H groups in total. The Balaban J connectivity index is 2.23. The Hall–Kier alpha value is -1.55. The van der Waals surface area contributed by atoms with E-state index >= 15 is 0 Å². The van der Waals surface area contributed by atoms with Gasteiger partial charge in [0.25, 0.3) is 0 Å². The third-order valence-corrected chi connectivity index (χ3v) is 2.57. The standard InChI is InChI=1S/C12H14FNO2/c1-15-10-5-4-8(7-9(10)13)12(14)11-3-2-6-16-11/h3-5,7,12H,2,6,14H2,1H3. The Bertz CT molecular complexity index is 417. The Morgan fingerprint density at radius 1 is 1.50 bits per heavy atom. The topological polar surface area (TPSA) is 44.5 Å². The van der Waals surface area contributed by atoms with Crippen molar-refractivity contribution in [2.75, 3.05) is 13.7 Å². The minimum atomic E-state index is -0.408. The quantitative estimate of drug-likeness (QED) is 0.853. The van der Waals surface area contributed by atoms with E-state index in [-0.39, 0.29) is 5.75 Å². The third-order valence-electron chi connectivity index (χ3n) is 2.57. The molecule has 4 heteroatoms. The first-order chi connectivity index (χ1) is 7.72. The molecular formula is C12H14FNO2. The molecule has 0 saturated carbocycles. The average Bonchev–Trinajstić information content (AvgIpc) is 2.81. The molecule has 0 aliphatic carbocycles. The number of halogens is 1. The Morgan fingerprint density at radius 3 is 2.88 bits per heavy atom. The lowest BCUT2D eigenvalue weighted by molar-refractivity contribution is 0.225. The van der Waals surface area contributed by atoms with Crippen LogP contribution in [0, 0.1) is 5.82 Å². The first kappa shape index (κ1) is 11.0. The van der Waals surface area contributed by atoms with Gasteiger partial charge in [-0.15, -0.1) is 0 Å². The van der Waals surface area contributed by atoms with Crippen molar-refractivity contribution in [3.63, 3.8) is 0 Å². The average molecular weight is 223 g/mol. The molecule has 1 aromatic carbocycles. The molecule has 2 rings (SSSR count). The van der Waals surface area contributed by atoms with Crippen molar-refractivity contribution in [3.05, 3.63) is 41.4 Å². The van der Waals surface area contributed by atoms with Gasteiger partial charge in [0.2, 0.25) is 0 Å². The van der Waals surface area contributed by atoms with Crippen molar-refractivity contribution < 1.29 is 13.9 Å². The predicted molar refractivity (Wildman–Crippen MR) is 58.5 cm³/mol. The highest BCUT2D eigenvalue weighted by Gasteiger charge is 2.17. The van der Waals surface area contributed by atoms with Gasteiger partial charge in [-0.3, -0.25) is 0 Å². The van der Waals surface area contributed by atoms with Gasteiger partial charge in [-0.05, 0) is 23.8 Å². The van der Waals surface area contributed by atoms with Gasteiger partial charge in [-0.2, -0.15) is 0 Å². The smallest absolute Gasteiger partial charge is 0.165 e. The highest BCUT2D eigenvalue weighted by atomic mass is 19.1. The summed E-state index contributed by atoms with van der Waals surface area (Å²) < 4.78 is 23.6. The monoisotopic (exact) mass is 223 g/mol. The Morgan fingerprint density at radius 2 is 2.31 bits per heavy atom. The lowest BCUT2D eigenvalue weighted by Gasteiger charge is -2.14. The molecule has 1 aliphatic heterocycles. The zero-order chi connectivity index (χ0) is 11.5. The van der Waals surface area contributed by atoms with Crippen LogP contribution >= 0.6 is 0 Å². The second kappa shape index (κ2) is 4.53. The number of nitrogens with two attached hydrogens (primary N) is 1. The van der Waals surface area contributed by atoms with E-state index in [9.17, 15) is 4.39 Å². The summed E-state index contributed by atoms with van der Waals surface area (Å²) in [5.74, 6) is 0.524. The Kier molecular flexibility index (Phi) is 3.10. The number of hydrogen-bond acceptors (Lipinski definition) is 3. The molecule has 16 heavy (non-hydrogen) atoms. The zero-order valence-electron chi connectivity index (χ0n) is 9.07. The predicted octanol–water partition coefficient (Wildman–Crippen LogP) is 2.14. The molecule has 0 spiro atoms. The SMILES string of the molecule is COc1ccc(C(N)C2=CCCO2)cc1F. The largest absolute Gasteiger partial charge is 0.496 e. The van der Waals surface area contributed by atoms with Crippen LogP contribution in [0.15, 0.2) is 30.0 Å². The van der Waals surface area contributed by atoms with Gasteiger partial charge in [0.05, 0.1) is 19.8 Å². The fourth-order valence-corrected chi connectivity index (χ4v) is 1.69. The van der Waals surface area contributed by atoms with E-state index in [1.165, 1.54) is 13.2 Å². The molecule has 0 fully saturated rings. The lowest BCUT2D eigenvalue weighted by Crippen LogP contribution is -2.14. The van der Waals surface area contributed by atoms with Gasteiger partial charge in [0.15, 0.2) is 11.6 Å². The van der Waals surface area contributed by atoms with Crippen LogP contribution in [0.5, 0.6) is 5.75 Å². The van der Waals surface area contributed by atoms with E-state index in [1.807, 2.05) is 6.08 Å². The number of hydrogen-bond donors (Lipinski definition) is 1. The van der Waals surface area contributed by atoms with Gasteiger partial charge < -0.3 is 15.2 Å². The molecule has 0 radical (unpaired) electrons. The van der Waals surface area contributed by atoms with Gasteiger partial charge in [0.1, 0.15) is 5.76 Å². The minimum absolute atomic E-state index is 0.220. The second-order valence-corrected chi connectivity index (χ2v) is 3.62. The van der Waals surface area contributed by atoms with E-state index in [0.717, 1.165) is 6.42 Å². The van der Waals surface area contributed by atoms with Crippen LogP contribution in [-0.4, -0.2) is 13.7 Å². The molecule has 3 nitrogen and oxygen atoms in total. The van der Waals surface area contributed by atoms with Crippen LogP contribution in [0.3, 0.4) is 0 Å². The van der Waals surface area contributed by atoms with Crippen LogP contribution in [0.2, 0.25) is 0 Å². The van der Waals surface area contributed by atoms with E-state index in [1.54, 1.807) is 12.1 Å². The van der Waals surface area contributed by atoms with Crippen molar-refractivity contribution in [2.45, 2.75) is 12.5 Å². The van der Waals surface area contributed by atoms with Gasteiger partial charge in [0, 0.05) is 6.42 Å². The van der Waals surface area contributed by atoms with Crippen LogP contribution in [0.4, 0.5) is 4.39 Å². The normalized spacial score (nSPS) is 16.6. The molecule has 1 aromatic rings. The third kappa shape index (κ3) is 2.02. The van der Waals surface area contributed by atoms with E-state index < -0.39 is 11.9 Å². The number of benzene rings is 1. The number of ether oxygens (including phenoxy) is 2. The summed E-state index contributed by atoms with van der Waals surface area (Å²) in [5, 5.41) is 0. The molecule has 0 saturated heterocycles. The minimum Gasteiger partial charge on any atom is -0.496 e. The summed E-state index contributed by atoms with van der Waals surface area (Å²) in [5.41, 5.74) is 6.65. The fourth-order valence-electron chi connectivity index (χ4n) is 1.69. The van der Waals surface area contributed by atoms with Gasteiger partial charge in [-0.1, -0.05) is 6.07 Å². The zero-order valence-corrected chi connectivity index (χ0v) is 9.07. The number of rotatable bonds is 3. The lowest BCUT2D eigenvalue weighted by atomic mass is 10.1.